The van der Waals surface area contributed by atoms with Crippen LogP contribution in [0.5, 0.6) is 0 Å². The summed E-state index contributed by atoms with van der Waals surface area (Å²) >= 11 is 12.2. The molecule has 0 spiro atoms. The summed E-state index contributed by atoms with van der Waals surface area (Å²) in [5, 5.41) is 11.7. The van der Waals surface area contributed by atoms with Crippen molar-refractivity contribution in [2.24, 2.45) is 11.8 Å². The van der Waals surface area contributed by atoms with E-state index in [2.05, 4.69) is 13.8 Å². The SMILES string of the molecule is CC(C)C1CC(O)(Cc2c(Cl)cccc2Cl)C1. The first kappa shape index (κ1) is 13.2. The molecule has 1 aromatic rings. The molecule has 1 aliphatic carbocycles. The fourth-order valence-electron chi connectivity index (χ4n) is 2.56. The summed E-state index contributed by atoms with van der Waals surface area (Å²) in [5.74, 6) is 1.26. The summed E-state index contributed by atoms with van der Waals surface area (Å²) < 4.78 is 0. The van der Waals surface area contributed by atoms with E-state index < -0.39 is 5.60 Å². The van der Waals surface area contributed by atoms with E-state index in [9.17, 15) is 5.11 Å². The topological polar surface area (TPSA) is 20.2 Å². The first-order chi connectivity index (χ1) is 7.91. The van der Waals surface area contributed by atoms with Crippen LogP contribution < -0.4 is 0 Å². The fraction of sp³-hybridized carbons (Fsp3) is 0.571. The van der Waals surface area contributed by atoms with E-state index >= 15 is 0 Å². The molecule has 0 saturated heterocycles. The van der Waals surface area contributed by atoms with E-state index in [1.807, 2.05) is 18.2 Å². The minimum atomic E-state index is -0.608. The van der Waals surface area contributed by atoms with Crippen molar-refractivity contribution in [1.29, 1.82) is 0 Å². The lowest BCUT2D eigenvalue weighted by molar-refractivity contribution is -0.0859. The molecule has 94 valence electrons. The fourth-order valence-corrected chi connectivity index (χ4v) is 3.09. The second kappa shape index (κ2) is 4.79. The van der Waals surface area contributed by atoms with Crippen molar-refractivity contribution in [3.8, 4) is 0 Å². The second-order valence-corrected chi connectivity index (χ2v) is 6.33. The third kappa shape index (κ3) is 2.78. The van der Waals surface area contributed by atoms with Crippen LogP contribution in [-0.2, 0) is 6.42 Å². The summed E-state index contributed by atoms with van der Waals surface area (Å²) in [6.45, 7) is 4.40. The Morgan fingerprint density at radius 3 is 2.29 bits per heavy atom. The first-order valence-corrected chi connectivity index (χ1v) is 6.82. The molecule has 0 radical (unpaired) electrons. The first-order valence-electron chi connectivity index (χ1n) is 6.06. The van der Waals surface area contributed by atoms with Gasteiger partial charge in [-0.05, 0) is 42.4 Å². The molecule has 0 heterocycles. The zero-order chi connectivity index (χ0) is 12.6. The minimum Gasteiger partial charge on any atom is -0.390 e. The van der Waals surface area contributed by atoms with E-state index in [1.165, 1.54) is 0 Å². The van der Waals surface area contributed by atoms with Gasteiger partial charge in [0.15, 0.2) is 0 Å². The molecule has 0 atom stereocenters. The van der Waals surface area contributed by atoms with Gasteiger partial charge in [-0.25, -0.2) is 0 Å². The highest BCUT2D eigenvalue weighted by Crippen LogP contribution is 2.45. The molecule has 17 heavy (non-hydrogen) atoms. The highest BCUT2D eigenvalue weighted by atomic mass is 35.5. The maximum absolute atomic E-state index is 10.4. The van der Waals surface area contributed by atoms with Crippen LogP contribution in [0.3, 0.4) is 0 Å². The van der Waals surface area contributed by atoms with Crippen molar-refractivity contribution >= 4 is 23.2 Å². The van der Waals surface area contributed by atoms with Crippen LogP contribution in [0.2, 0.25) is 10.0 Å². The Labute approximate surface area is 113 Å². The van der Waals surface area contributed by atoms with Crippen molar-refractivity contribution in [3.05, 3.63) is 33.8 Å². The molecule has 0 bridgehead atoms. The molecule has 0 unspecified atom stereocenters. The Morgan fingerprint density at radius 2 is 1.82 bits per heavy atom. The number of aliphatic hydroxyl groups is 1. The van der Waals surface area contributed by atoms with Gasteiger partial charge in [0, 0.05) is 16.5 Å². The Balaban J connectivity index is 2.08. The molecule has 1 aliphatic rings. The molecular weight excluding hydrogens is 255 g/mol. The van der Waals surface area contributed by atoms with Crippen LogP contribution in [0.4, 0.5) is 0 Å². The lowest BCUT2D eigenvalue weighted by Crippen LogP contribution is -2.47. The average molecular weight is 273 g/mol. The van der Waals surface area contributed by atoms with Gasteiger partial charge < -0.3 is 5.11 Å². The minimum absolute atomic E-state index is 0.564. The summed E-state index contributed by atoms with van der Waals surface area (Å²) in [6.07, 6.45) is 2.27. The highest BCUT2D eigenvalue weighted by molar-refractivity contribution is 6.36. The quantitative estimate of drug-likeness (QED) is 0.868. The van der Waals surface area contributed by atoms with E-state index in [0.717, 1.165) is 18.4 Å². The summed E-state index contributed by atoms with van der Waals surface area (Å²) in [4.78, 5) is 0. The van der Waals surface area contributed by atoms with Gasteiger partial charge in [-0.3, -0.25) is 0 Å². The Bertz CT molecular complexity index is 388. The van der Waals surface area contributed by atoms with E-state index in [-0.39, 0.29) is 0 Å². The van der Waals surface area contributed by atoms with Crippen molar-refractivity contribution in [3.63, 3.8) is 0 Å². The Morgan fingerprint density at radius 1 is 1.29 bits per heavy atom. The molecule has 3 heteroatoms. The second-order valence-electron chi connectivity index (χ2n) is 5.51. The monoisotopic (exact) mass is 272 g/mol. The van der Waals surface area contributed by atoms with Crippen LogP contribution in [0.15, 0.2) is 18.2 Å². The van der Waals surface area contributed by atoms with Gasteiger partial charge in [-0.15, -0.1) is 0 Å². The summed E-state index contributed by atoms with van der Waals surface area (Å²) in [5.41, 5.74) is 0.268. The standard InChI is InChI=1S/C14H18Cl2O/c1-9(2)10-6-14(17,7-10)8-11-12(15)4-3-5-13(11)16/h3-5,9-10,17H,6-8H2,1-2H3. The molecule has 0 aromatic heterocycles. The number of halogens is 2. The molecule has 2 rings (SSSR count). The van der Waals surface area contributed by atoms with Gasteiger partial charge in [-0.2, -0.15) is 0 Å². The number of hydrogen-bond acceptors (Lipinski definition) is 1. The van der Waals surface area contributed by atoms with Crippen molar-refractivity contribution < 1.29 is 5.11 Å². The van der Waals surface area contributed by atoms with Crippen LogP contribution in [-0.4, -0.2) is 10.7 Å². The van der Waals surface area contributed by atoms with Crippen LogP contribution >= 0.6 is 23.2 Å². The van der Waals surface area contributed by atoms with Crippen molar-refractivity contribution in [2.75, 3.05) is 0 Å². The van der Waals surface area contributed by atoms with Crippen molar-refractivity contribution in [1.82, 2.24) is 0 Å². The van der Waals surface area contributed by atoms with Crippen LogP contribution in [0, 0.1) is 11.8 Å². The predicted molar refractivity (Wildman–Crippen MR) is 72.7 cm³/mol. The smallest absolute Gasteiger partial charge is 0.0694 e. The van der Waals surface area contributed by atoms with Crippen LogP contribution in [0.1, 0.15) is 32.3 Å². The molecule has 0 aliphatic heterocycles. The number of hydrogen-bond donors (Lipinski definition) is 1. The largest absolute Gasteiger partial charge is 0.390 e. The normalized spacial score (nSPS) is 28.2. The third-order valence-corrected chi connectivity index (χ3v) is 4.50. The van der Waals surface area contributed by atoms with Crippen LogP contribution in [0.25, 0.3) is 0 Å². The maximum atomic E-state index is 10.4. The lowest BCUT2D eigenvalue weighted by atomic mass is 9.64. The summed E-state index contributed by atoms with van der Waals surface area (Å²) in [7, 11) is 0. The van der Waals surface area contributed by atoms with E-state index in [4.69, 9.17) is 23.2 Å². The lowest BCUT2D eigenvalue weighted by Gasteiger charge is -2.46. The average Bonchev–Trinajstić information content (AvgIpc) is 2.19. The molecule has 1 fully saturated rings. The maximum Gasteiger partial charge on any atom is 0.0694 e. The van der Waals surface area contributed by atoms with Crippen molar-refractivity contribution in [2.45, 2.75) is 38.7 Å². The predicted octanol–water partition coefficient (Wildman–Crippen LogP) is 4.33. The van der Waals surface area contributed by atoms with Gasteiger partial charge in [0.2, 0.25) is 0 Å². The molecule has 1 aromatic carbocycles. The molecule has 1 saturated carbocycles. The zero-order valence-corrected chi connectivity index (χ0v) is 11.7. The number of benzene rings is 1. The molecule has 1 nitrogen and oxygen atoms in total. The molecule has 0 amide bonds. The van der Waals surface area contributed by atoms with Gasteiger partial charge in [0.05, 0.1) is 5.60 Å². The molecule has 1 N–H and O–H groups in total. The molecular formula is C14H18Cl2O. The van der Waals surface area contributed by atoms with Gasteiger partial charge in [-0.1, -0.05) is 43.1 Å². The highest BCUT2D eigenvalue weighted by Gasteiger charge is 2.44. The summed E-state index contributed by atoms with van der Waals surface area (Å²) in [6, 6.07) is 5.48. The number of rotatable bonds is 3. The van der Waals surface area contributed by atoms with E-state index in [1.54, 1.807) is 0 Å². The van der Waals surface area contributed by atoms with Gasteiger partial charge in [0.25, 0.3) is 0 Å². The Hall–Kier alpha value is -0.240. The third-order valence-electron chi connectivity index (χ3n) is 3.79. The zero-order valence-electron chi connectivity index (χ0n) is 10.2. The van der Waals surface area contributed by atoms with Gasteiger partial charge in [0.1, 0.15) is 0 Å². The Kier molecular flexibility index (Phi) is 3.72. The van der Waals surface area contributed by atoms with Gasteiger partial charge >= 0.3 is 0 Å². The van der Waals surface area contributed by atoms with E-state index in [0.29, 0.717) is 28.3 Å².